The molecule has 0 saturated heterocycles. The zero-order chi connectivity index (χ0) is 6.85. The molecule has 1 rings (SSSR count). The molecular weight excluding hydrogens is 116 g/mol. The van der Waals surface area contributed by atoms with Gasteiger partial charge < -0.3 is 14.5 Å². The van der Waals surface area contributed by atoms with Crippen LogP contribution >= 0.6 is 0 Å². The summed E-state index contributed by atoms with van der Waals surface area (Å²) in [6, 6.07) is 0. The molecule has 0 N–H and O–H groups in total. The van der Waals surface area contributed by atoms with Gasteiger partial charge in [0.2, 0.25) is 12.6 Å². The molecule has 1 aliphatic rings. The average molecular weight is 126 g/mol. The van der Waals surface area contributed by atoms with Gasteiger partial charge in [-0.25, -0.2) is 0 Å². The van der Waals surface area contributed by atoms with E-state index in [-0.39, 0.29) is 0 Å². The van der Waals surface area contributed by atoms with E-state index in [9.17, 15) is 0 Å². The Hall–Kier alpha value is -0.860. The summed E-state index contributed by atoms with van der Waals surface area (Å²) in [7, 11) is 5.44. The molecule has 0 bridgehead atoms. The Bertz CT molecular complexity index is 133. The maximum Gasteiger partial charge on any atom is 0.210 e. The van der Waals surface area contributed by atoms with Gasteiger partial charge in [-0.2, -0.15) is 0 Å². The van der Waals surface area contributed by atoms with E-state index >= 15 is 0 Å². The fourth-order valence-electron chi connectivity index (χ4n) is 0.757. The molecular formula is C6H10N2O. The van der Waals surface area contributed by atoms with Gasteiger partial charge >= 0.3 is 0 Å². The van der Waals surface area contributed by atoms with Crippen LogP contribution in [0.15, 0.2) is 12.1 Å². The molecule has 0 fully saturated rings. The topological polar surface area (TPSA) is 15.7 Å². The number of nitrogens with zero attached hydrogens (tertiary/aromatic N) is 2. The first-order valence-electron chi connectivity index (χ1n) is 2.72. The summed E-state index contributed by atoms with van der Waals surface area (Å²) >= 11 is 0. The maximum atomic E-state index is 4.98. The lowest BCUT2D eigenvalue weighted by Gasteiger charge is -2.11. The van der Waals surface area contributed by atoms with Crippen LogP contribution < -0.4 is 0 Å². The van der Waals surface area contributed by atoms with E-state index in [2.05, 4.69) is 6.67 Å². The normalized spacial score (nSPS) is 18.3. The van der Waals surface area contributed by atoms with Crippen LogP contribution in [-0.2, 0) is 4.74 Å². The van der Waals surface area contributed by atoms with Gasteiger partial charge in [0.25, 0.3) is 0 Å². The van der Waals surface area contributed by atoms with Crippen LogP contribution in [0.1, 0.15) is 0 Å². The molecule has 1 aliphatic heterocycles. The van der Waals surface area contributed by atoms with Gasteiger partial charge in [0.1, 0.15) is 0 Å². The lowest BCUT2D eigenvalue weighted by Crippen LogP contribution is -2.14. The minimum atomic E-state index is 0.817. The second-order valence-corrected chi connectivity index (χ2v) is 1.94. The van der Waals surface area contributed by atoms with Crippen molar-refractivity contribution in [3.63, 3.8) is 0 Å². The second kappa shape index (κ2) is 2.17. The SMILES string of the molecule is COC1=CN(C)[C]N1C. The van der Waals surface area contributed by atoms with E-state index in [1.165, 1.54) is 0 Å². The van der Waals surface area contributed by atoms with Crippen molar-refractivity contribution in [1.82, 2.24) is 9.80 Å². The minimum Gasteiger partial charge on any atom is -0.481 e. The summed E-state index contributed by atoms with van der Waals surface area (Å²) in [5, 5.41) is 0. The first-order chi connectivity index (χ1) is 4.24. The predicted octanol–water partition coefficient (Wildman–Crippen LogP) is 0.305. The molecule has 0 amide bonds. The Labute approximate surface area is 55.5 Å². The molecule has 0 aromatic carbocycles. The maximum absolute atomic E-state index is 4.98. The van der Waals surface area contributed by atoms with E-state index in [4.69, 9.17) is 4.74 Å². The van der Waals surface area contributed by atoms with Gasteiger partial charge in [0.15, 0.2) is 0 Å². The zero-order valence-corrected chi connectivity index (χ0v) is 5.88. The summed E-state index contributed by atoms with van der Waals surface area (Å²) in [5.74, 6) is 0.817. The molecule has 0 aromatic heterocycles. The van der Waals surface area contributed by atoms with E-state index in [1.807, 2.05) is 25.2 Å². The Morgan fingerprint density at radius 3 is 2.44 bits per heavy atom. The molecule has 0 atom stereocenters. The number of rotatable bonds is 1. The minimum absolute atomic E-state index is 0.817. The highest BCUT2D eigenvalue weighted by molar-refractivity contribution is 5.01. The Morgan fingerprint density at radius 1 is 1.56 bits per heavy atom. The molecule has 0 saturated carbocycles. The second-order valence-electron chi connectivity index (χ2n) is 1.94. The highest BCUT2D eigenvalue weighted by Crippen LogP contribution is 2.14. The van der Waals surface area contributed by atoms with E-state index in [1.54, 1.807) is 12.0 Å². The molecule has 3 nitrogen and oxygen atoms in total. The van der Waals surface area contributed by atoms with Crippen molar-refractivity contribution < 1.29 is 4.74 Å². The first kappa shape index (κ1) is 6.26. The van der Waals surface area contributed by atoms with Gasteiger partial charge in [0, 0.05) is 14.1 Å². The molecule has 0 spiro atoms. The Balaban J connectivity index is 2.57. The van der Waals surface area contributed by atoms with Crippen molar-refractivity contribution in [1.29, 1.82) is 0 Å². The van der Waals surface area contributed by atoms with E-state index in [0.29, 0.717) is 0 Å². The van der Waals surface area contributed by atoms with Crippen LogP contribution in [-0.4, -0.2) is 31.0 Å². The molecule has 50 valence electrons. The first-order valence-corrected chi connectivity index (χ1v) is 2.72. The van der Waals surface area contributed by atoms with Crippen molar-refractivity contribution >= 4 is 0 Å². The molecule has 0 unspecified atom stereocenters. The Kier molecular flexibility index (Phi) is 1.51. The molecule has 9 heavy (non-hydrogen) atoms. The predicted molar refractivity (Wildman–Crippen MR) is 33.9 cm³/mol. The van der Waals surface area contributed by atoms with Crippen molar-refractivity contribution in [3.05, 3.63) is 18.8 Å². The summed E-state index contributed by atoms with van der Waals surface area (Å²) in [4.78, 5) is 3.61. The zero-order valence-electron chi connectivity index (χ0n) is 5.88. The number of methoxy groups -OCH3 is 1. The number of hydrogen-bond donors (Lipinski definition) is 0. The van der Waals surface area contributed by atoms with Crippen LogP contribution in [0.4, 0.5) is 0 Å². The largest absolute Gasteiger partial charge is 0.481 e. The van der Waals surface area contributed by atoms with Crippen LogP contribution in [0.2, 0.25) is 0 Å². The standard InChI is InChI=1S/C6H10N2O/c1-7-4-6(9-3)8(2)5-7/h4H,1-3H3. The molecule has 1 heterocycles. The highest BCUT2D eigenvalue weighted by atomic mass is 16.5. The third-order valence-electron chi connectivity index (χ3n) is 1.15. The molecule has 0 aliphatic carbocycles. The summed E-state index contributed by atoms with van der Waals surface area (Å²) in [6.07, 6.45) is 1.86. The third-order valence-corrected chi connectivity index (χ3v) is 1.15. The van der Waals surface area contributed by atoms with Crippen molar-refractivity contribution in [2.24, 2.45) is 0 Å². The molecule has 2 radical (unpaired) electrons. The quantitative estimate of drug-likeness (QED) is 0.502. The third kappa shape index (κ3) is 1.09. The van der Waals surface area contributed by atoms with Crippen LogP contribution in [0.5, 0.6) is 0 Å². The summed E-state index contributed by atoms with van der Waals surface area (Å²) in [5.41, 5.74) is 0. The van der Waals surface area contributed by atoms with E-state index in [0.717, 1.165) is 5.88 Å². The fraction of sp³-hybridized carbons (Fsp3) is 0.500. The Morgan fingerprint density at radius 2 is 2.22 bits per heavy atom. The van der Waals surface area contributed by atoms with Gasteiger partial charge in [0.05, 0.1) is 13.3 Å². The molecule has 3 heteroatoms. The lowest BCUT2D eigenvalue weighted by molar-refractivity contribution is 0.201. The lowest BCUT2D eigenvalue weighted by atomic mass is 10.8. The van der Waals surface area contributed by atoms with Crippen LogP contribution in [0, 0.1) is 6.67 Å². The molecule has 0 aromatic rings. The van der Waals surface area contributed by atoms with Gasteiger partial charge in [-0.15, -0.1) is 0 Å². The van der Waals surface area contributed by atoms with Crippen molar-refractivity contribution in [2.75, 3.05) is 21.2 Å². The highest BCUT2D eigenvalue weighted by Gasteiger charge is 2.15. The monoisotopic (exact) mass is 126 g/mol. The average Bonchev–Trinajstić information content (AvgIpc) is 2.10. The number of ether oxygens (including phenoxy) is 1. The smallest absolute Gasteiger partial charge is 0.210 e. The van der Waals surface area contributed by atoms with Gasteiger partial charge in [-0.3, -0.25) is 0 Å². The van der Waals surface area contributed by atoms with Crippen LogP contribution in [0.3, 0.4) is 0 Å². The summed E-state index contributed by atoms with van der Waals surface area (Å²) < 4.78 is 4.98. The van der Waals surface area contributed by atoms with E-state index < -0.39 is 0 Å². The number of hydrogen-bond acceptors (Lipinski definition) is 3. The van der Waals surface area contributed by atoms with Gasteiger partial charge in [-0.05, 0) is 0 Å². The van der Waals surface area contributed by atoms with Gasteiger partial charge in [-0.1, -0.05) is 0 Å². The van der Waals surface area contributed by atoms with Crippen molar-refractivity contribution in [3.8, 4) is 0 Å². The fourth-order valence-corrected chi connectivity index (χ4v) is 0.757. The van der Waals surface area contributed by atoms with Crippen molar-refractivity contribution in [2.45, 2.75) is 0 Å². The van der Waals surface area contributed by atoms with Crippen LogP contribution in [0.25, 0.3) is 0 Å². The summed E-state index contributed by atoms with van der Waals surface area (Å²) in [6.45, 7) is 2.97.